The summed E-state index contributed by atoms with van der Waals surface area (Å²) in [5.74, 6) is 0. The predicted molar refractivity (Wildman–Crippen MR) is 166 cm³/mol. The van der Waals surface area contributed by atoms with E-state index in [0.717, 1.165) is 0 Å². The summed E-state index contributed by atoms with van der Waals surface area (Å²) in [6.07, 6.45) is 3.23. The molecule has 2 heterocycles. The first-order valence-electron chi connectivity index (χ1n) is 13.0. The van der Waals surface area contributed by atoms with E-state index in [1.807, 2.05) is 31.3 Å². The van der Waals surface area contributed by atoms with E-state index < -0.39 is 0 Å². The summed E-state index contributed by atoms with van der Waals surface area (Å²) >= 11 is 1.91. The first-order chi connectivity index (χ1) is 17.7. The van der Waals surface area contributed by atoms with Crippen LogP contribution < -0.4 is 0 Å². The molecule has 0 spiro atoms. The van der Waals surface area contributed by atoms with E-state index in [2.05, 4.69) is 105 Å². The highest BCUT2D eigenvalue weighted by atomic mass is 32.1. The lowest BCUT2D eigenvalue weighted by atomic mass is 9.97. The smallest absolute Gasteiger partial charge is 0.0653 e. The lowest BCUT2D eigenvalue weighted by Crippen LogP contribution is -1.82. The summed E-state index contributed by atoms with van der Waals surface area (Å²) in [5, 5.41) is 10.6. The number of aromatic amines is 1. The Labute approximate surface area is 217 Å². The molecule has 0 unspecified atom stereocenters. The molecule has 0 aliphatic rings. The van der Waals surface area contributed by atoms with Gasteiger partial charge < -0.3 is 4.98 Å². The Morgan fingerprint density at radius 2 is 1.31 bits per heavy atom. The molecule has 1 N–H and O–H groups in total. The van der Waals surface area contributed by atoms with Gasteiger partial charge in [0.25, 0.3) is 0 Å². The van der Waals surface area contributed by atoms with Crippen molar-refractivity contribution in [2.45, 2.75) is 41.0 Å². The molecule has 5 aromatic carbocycles. The van der Waals surface area contributed by atoms with Crippen molar-refractivity contribution in [3.63, 3.8) is 0 Å². The Kier molecular flexibility index (Phi) is 6.55. The average molecular weight is 488 g/mol. The van der Waals surface area contributed by atoms with Crippen molar-refractivity contribution >= 4 is 80.9 Å². The minimum absolute atomic E-state index is 1.19. The molecule has 0 saturated heterocycles. The van der Waals surface area contributed by atoms with Crippen LogP contribution in [0.4, 0.5) is 0 Å². The molecular weight excluding hydrogens is 454 g/mol. The number of hydrogen-bond donors (Lipinski definition) is 1. The lowest BCUT2D eigenvalue weighted by molar-refractivity contribution is 1.09. The maximum Gasteiger partial charge on any atom is 0.0653 e. The van der Waals surface area contributed by atoms with Crippen molar-refractivity contribution in [2.75, 3.05) is 0 Å². The Bertz CT molecular complexity index is 1880. The summed E-state index contributed by atoms with van der Waals surface area (Å²) in [6.45, 7) is 14.5. The Morgan fingerprint density at radius 3 is 2.00 bits per heavy atom. The predicted octanol–water partition coefficient (Wildman–Crippen LogP) is 11.4. The average Bonchev–Trinajstić information content (AvgIpc) is 3.50. The first kappa shape index (κ1) is 24.1. The number of H-pyrrole nitrogens is 1. The number of aromatic nitrogens is 1. The molecule has 0 amide bonds. The number of hydrogen-bond acceptors (Lipinski definition) is 1. The zero-order valence-corrected chi connectivity index (χ0v) is 22.6. The molecule has 2 aromatic heterocycles. The number of nitrogens with one attached hydrogen (secondary N) is 1. The van der Waals surface area contributed by atoms with Crippen LogP contribution in [0.3, 0.4) is 0 Å². The van der Waals surface area contributed by atoms with Gasteiger partial charge in [0.15, 0.2) is 0 Å². The van der Waals surface area contributed by atoms with Gasteiger partial charge in [-0.3, -0.25) is 0 Å². The third kappa shape index (κ3) is 3.51. The van der Waals surface area contributed by atoms with Crippen molar-refractivity contribution < 1.29 is 0 Å². The summed E-state index contributed by atoms with van der Waals surface area (Å²) in [7, 11) is 0. The molecule has 0 aliphatic heterocycles. The van der Waals surface area contributed by atoms with Crippen LogP contribution in [-0.4, -0.2) is 4.98 Å². The minimum Gasteiger partial charge on any atom is -0.353 e. The normalized spacial score (nSPS) is 11.1. The van der Waals surface area contributed by atoms with Crippen LogP contribution in [0.5, 0.6) is 0 Å². The van der Waals surface area contributed by atoms with Crippen molar-refractivity contribution in [3.8, 4) is 0 Å². The van der Waals surface area contributed by atoms with Crippen LogP contribution in [0.2, 0.25) is 0 Å². The highest BCUT2D eigenvalue weighted by Crippen LogP contribution is 2.47. The molecule has 36 heavy (non-hydrogen) atoms. The highest BCUT2D eigenvalue weighted by molar-refractivity contribution is 7.27. The van der Waals surface area contributed by atoms with E-state index in [9.17, 15) is 0 Å². The molecule has 0 radical (unpaired) electrons. The van der Waals surface area contributed by atoms with Crippen molar-refractivity contribution in [2.24, 2.45) is 0 Å². The van der Waals surface area contributed by atoms with Gasteiger partial charge in [0, 0.05) is 31.8 Å². The Hall–Kier alpha value is -3.62. The molecule has 0 fully saturated rings. The fourth-order valence-electron chi connectivity index (χ4n) is 5.29. The van der Waals surface area contributed by atoms with E-state index in [4.69, 9.17) is 0 Å². The monoisotopic (exact) mass is 487 g/mol. The van der Waals surface area contributed by atoms with E-state index in [-0.39, 0.29) is 0 Å². The second-order valence-corrected chi connectivity index (χ2v) is 10.0. The van der Waals surface area contributed by atoms with Gasteiger partial charge in [-0.15, -0.1) is 11.3 Å². The summed E-state index contributed by atoms with van der Waals surface area (Å²) in [5.41, 5.74) is 4.86. The Balaban J connectivity index is 0.000000499. The van der Waals surface area contributed by atoms with Crippen molar-refractivity contribution in [3.05, 3.63) is 90.5 Å². The lowest BCUT2D eigenvalue weighted by Gasteiger charge is -2.05. The quantitative estimate of drug-likeness (QED) is 0.237. The molecular formula is C34H33NS. The third-order valence-electron chi connectivity index (χ3n) is 6.71. The van der Waals surface area contributed by atoms with E-state index in [1.165, 1.54) is 81.1 Å². The number of aryl methyl sites for hydroxylation is 1. The maximum absolute atomic E-state index is 4.09. The van der Waals surface area contributed by atoms with Crippen LogP contribution in [0.25, 0.3) is 69.6 Å². The zero-order valence-electron chi connectivity index (χ0n) is 21.8. The molecule has 2 heteroatoms. The molecule has 7 rings (SSSR count). The SMILES string of the molecule is C=Cc1c(C)ccc2c1[nH]c1c3sc4c5ccccc5ccc4c3c3ccccc3c21.CC.CCC. The summed E-state index contributed by atoms with van der Waals surface area (Å²) < 4.78 is 2.70. The largest absolute Gasteiger partial charge is 0.353 e. The molecule has 7 aromatic rings. The van der Waals surface area contributed by atoms with E-state index in [1.54, 1.807) is 0 Å². The molecule has 0 atom stereocenters. The van der Waals surface area contributed by atoms with Crippen LogP contribution in [0.1, 0.15) is 45.2 Å². The van der Waals surface area contributed by atoms with Crippen molar-refractivity contribution in [1.29, 1.82) is 0 Å². The number of benzene rings is 5. The first-order valence-corrected chi connectivity index (χ1v) is 13.8. The van der Waals surface area contributed by atoms with E-state index in [0.29, 0.717) is 0 Å². The molecule has 0 aliphatic carbocycles. The van der Waals surface area contributed by atoms with Gasteiger partial charge in [-0.2, -0.15) is 0 Å². The zero-order chi connectivity index (χ0) is 25.4. The van der Waals surface area contributed by atoms with Gasteiger partial charge in [-0.05, 0) is 34.0 Å². The van der Waals surface area contributed by atoms with Crippen LogP contribution >= 0.6 is 11.3 Å². The van der Waals surface area contributed by atoms with Crippen molar-refractivity contribution in [1.82, 2.24) is 4.98 Å². The number of thiophene rings is 1. The van der Waals surface area contributed by atoms with Gasteiger partial charge >= 0.3 is 0 Å². The maximum atomic E-state index is 4.09. The second kappa shape index (κ2) is 9.79. The molecule has 0 saturated carbocycles. The van der Waals surface area contributed by atoms with E-state index >= 15 is 0 Å². The highest BCUT2D eigenvalue weighted by Gasteiger charge is 2.19. The van der Waals surface area contributed by atoms with Crippen LogP contribution in [-0.2, 0) is 0 Å². The Morgan fingerprint density at radius 1 is 0.694 bits per heavy atom. The van der Waals surface area contributed by atoms with Gasteiger partial charge in [0.1, 0.15) is 0 Å². The molecule has 180 valence electrons. The third-order valence-corrected chi connectivity index (χ3v) is 7.97. The van der Waals surface area contributed by atoms with Crippen LogP contribution in [0, 0.1) is 6.92 Å². The fourth-order valence-corrected chi connectivity index (χ4v) is 6.65. The fraction of sp³-hybridized carbons (Fsp3) is 0.176. The van der Waals surface area contributed by atoms with Gasteiger partial charge in [0.05, 0.1) is 15.7 Å². The number of fused-ring (bicyclic) bond motifs is 12. The van der Waals surface area contributed by atoms with Gasteiger partial charge in [-0.1, -0.05) is 120 Å². The molecule has 0 bridgehead atoms. The summed E-state index contributed by atoms with van der Waals surface area (Å²) in [4.78, 5) is 3.82. The van der Waals surface area contributed by atoms with Gasteiger partial charge in [-0.25, -0.2) is 0 Å². The standard InChI is InChI=1S/C29H19NS.C3H8.C2H6/c1-3-18-16(2)12-14-22-24-20-10-6-7-11-21(20)25-23-15-13-17-8-4-5-9-19(17)28(23)31-29(25)27(24)30-26(18)22;1-3-2;1-2/h3-15,30H,1H2,2H3;3H2,1-2H3;1-2H3. The minimum atomic E-state index is 1.19. The van der Waals surface area contributed by atoms with Crippen LogP contribution in [0.15, 0.2) is 79.4 Å². The summed E-state index contributed by atoms with van der Waals surface area (Å²) in [6, 6.07) is 26.6. The molecule has 1 nitrogen and oxygen atoms in total. The van der Waals surface area contributed by atoms with Gasteiger partial charge in [0.2, 0.25) is 0 Å². The topological polar surface area (TPSA) is 15.8 Å². The number of rotatable bonds is 1. The second-order valence-electron chi connectivity index (χ2n) is 9.02.